The van der Waals surface area contributed by atoms with Gasteiger partial charge in [0.25, 0.3) is 0 Å². The van der Waals surface area contributed by atoms with E-state index in [9.17, 15) is 14.4 Å². The Morgan fingerprint density at radius 1 is 1.10 bits per heavy atom. The number of hydrogen-bond donors (Lipinski definition) is 2. The molecule has 2 aromatic rings. The Morgan fingerprint density at radius 2 is 1.84 bits per heavy atom. The van der Waals surface area contributed by atoms with Crippen LogP contribution in [0, 0.1) is 6.92 Å². The summed E-state index contributed by atoms with van der Waals surface area (Å²) in [5.74, 6) is -0.568. The molecule has 0 saturated carbocycles. The molecule has 2 aliphatic rings. The molecular formula is C23H26N4O4. The molecule has 2 N–H and O–H groups in total. The molecule has 31 heavy (non-hydrogen) atoms. The second-order valence-electron chi connectivity index (χ2n) is 7.79. The molecule has 162 valence electrons. The molecule has 4 rings (SSSR count). The Labute approximate surface area is 181 Å². The molecule has 4 amide bonds. The molecule has 8 nitrogen and oxygen atoms in total. The molecule has 0 spiro atoms. The fourth-order valence-electron chi connectivity index (χ4n) is 3.78. The number of benzene rings is 2. The van der Waals surface area contributed by atoms with E-state index in [0.29, 0.717) is 23.6 Å². The molecule has 0 aromatic heterocycles. The van der Waals surface area contributed by atoms with Crippen molar-refractivity contribution in [2.45, 2.75) is 25.9 Å². The minimum atomic E-state index is -0.396. The van der Waals surface area contributed by atoms with Crippen LogP contribution in [0.5, 0.6) is 0 Å². The highest BCUT2D eigenvalue weighted by Gasteiger charge is 2.33. The number of hydrogen-bond acceptors (Lipinski definition) is 4. The van der Waals surface area contributed by atoms with Crippen molar-refractivity contribution in [3.05, 3.63) is 54.1 Å². The zero-order chi connectivity index (χ0) is 21.8. The fraction of sp³-hybridized carbons (Fsp3) is 0.348. The van der Waals surface area contributed by atoms with E-state index in [1.165, 1.54) is 9.80 Å². The van der Waals surface area contributed by atoms with Crippen molar-refractivity contribution in [3.63, 3.8) is 0 Å². The number of aryl methyl sites for hydroxylation is 1. The van der Waals surface area contributed by atoms with Crippen LogP contribution in [0.3, 0.4) is 0 Å². The Kier molecular flexibility index (Phi) is 6.18. The van der Waals surface area contributed by atoms with Crippen molar-refractivity contribution in [2.24, 2.45) is 0 Å². The lowest BCUT2D eigenvalue weighted by atomic mass is 10.1. The van der Waals surface area contributed by atoms with Crippen LogP contribution in [-0.4, -0.2) is 50.2 Å². The molecule has 2 aliphatic heterocycles. The second-order valence-corrected chi connectivity index (χ2v) is 7.79. The Bertz CT molecular complexity index is 970. The number of nitrogens with one attached hydrogen (secondary N) is 2. The number of amides is 4. The van der Waals surface area contributed by atoms with E-state index < -0.39 is 6.03 Å². The number of ether oxygens (including phenoxy) is 1. The van der Waals surface area contributed by atoms with Crippen LogP contribution >= 0.6 is 0 Å². The van der Waals surface area contributed by atoms with Crippen molar-refractivity contribution in [2.75, 3.05) is 41.4 Å². The van der Waals surface area contributed by atoms with Crippen molar-refractivity contribution < 1.29 is 19.1 Å². The average Bonchev–Trinajstić information content (AvgIpc) is 3.29. The summed E-state index contributed by atoms with van der Waals surface area (Å²) in [6.07, 6.45) is 1.96. The predicted molar refractivity (Wildman–Crippen MR) is 118 cm³/mol. The molecule has 0 radical (unpaired) electrons. The smallest absolute Gasteiger partial charge is 0.326 e. The molecule has 0 bridgehead atoms. The molecular weight excluding hydrogens is 396 g/mol. The summed E-state index contributed by atoms with van der Waals surface area (Å²) < 4.78 is 5.52. The number of rotatable bonds is 5. The first-order valence-electron chi connectivity index (χ1n) is 10.4. The highest BCUT2D eigenvalue weighted by atomic mass is 16.5. The zero-order valence-electron chi connectivity index (χ0n) is 17.5. The van der Waals surface area contributed by atoms with Gasteiger partial charge in [-0.1, -0.05) is 29.8 Å². The van der Waals surface area contributed by atoms with Crippen molar-refractivity contribution in [1.29, 1.82) is 0 Å². The van der Waals surface area contributed by atoms with Gasteiger partial charge in [-0.25, -0.2) is 4.79 Å². The lowest BCUT2D eigenvalue weighted by Crippen LogP contribution is -2.52. The summed E-state index contributed by atoms with van der Waals surface area (Å²) in [4.78, 5) is 41.0. The van der Waals surface area contributed by atoms with Gasteiger partial charge in [-0.2, -0.15) is 0 Å². The molecule has 1 unspecified atom stereocenters. The number of urea groups is 1. The Hall–Kier alpha value is -3.39. The van der Waals surface area contributed by atoms with Crippen LogP contribution in [0.4, 0.5) is 21.9 Å². The quantitative estimate of drug-likeness (QED) is 0.775. The van der Waals surface area contributed by atoms with Crippen molar-refractivity contribution in [1.82, 2.24) is 5.32 Å². The fourth-order valence-corrected chi connectivity index (χ4v) is 3.78. The van der Waals surface area contributed by atoms with Gasteiger partial charge in [0, 0.05) is 18.8 Å². The van der Waals surface area contributed by atoms with Crippen LogP contribution in [0.15, 0.2) is 48.5 Å². The molecule has 8 heteroatoms. The first kappa shape index (κ1) is 20.9. The SMILES string of the molecule is Cc1ccc(NC(=O)N2CC(=O)N(CC(=O)NCC3CCCO3)c3ccccc32)cc1. The molecule has 1 atom stereocenters. The van der Waals surface area contributed by atoms with Crippen LogP contribution in [0.25, 0.3) is 0 Å². The van der Waals surface area contributed by atoms with Crippen molar-refractivity contribution >= 4 is 34.9 Å². The van der Waals surface area contributed by atoms with E-state index in [1.54, 1.807) is 24.3 Å². The zero-order valence-corrected chi connectivity index (χ0v) is 17.5. The van der Waals surface area contributed by atoms with Gasteiger partial charge in [0.1, 0.15) is 13.1 Å². The van der Waals surface area contributed by atoms with E-state index in [4.69, 9.17) is 4.74 Å². The molecule has 2 heterocycles. The third-order valence-electron chi connectivity index (χ3n) is 5.46. The van der Waals surface area contributed by atoms with E-state index >= 15 is 0 Å². The maximum absolute atomic E-state index is 12.9. The van der Waals surface area contributed by atoms with Crippen molar-refractivity contribution in [3.8, 4) is 0 Å². The van der Waals surface area contributed by atoms with E-state index in [-0.39, 0.29) is 31.0 Å². The first-order chi connectivity index (χ1) is 15.0. The minimum Gasteiger partial charge on any atom is -0.376 e. The Balaban J connectivity index is 1.46. The van der Waals surface area contributed by atoms with E-state index in [0.717, 1.165) is 25.0 Å². The van der Waals surface area contributed by atoms with Gasteiger partial charge in [-0.05, 0) is 44.0 Å². The molecule has 2 aromatic carbocycles. The van der Waals surface area contributed by atoms with Gasteiger partial charge >= 0.3 is 6.03 Å². The standard InChI is InChI=1S/C23H26N4O4/c1-16-8-10-17(11-9-16)25-23(30)27-15-22(29)26(19-6-2-3-7-20(19)27)14-21(28)24-13-18-5-4-12-31-18/h2-3,6-11,18H,4-5,12-15H2,1H3,(H,24,28)(H,25,30). The average molecular weight is 422 g/mol. The van der Waals surface area contributed by atoms with Crippen LogP contribution in [0.1, 0.15) is 18.4 Å². The van der Waals surface area contributed by atoms with Crippen LogP contribution < -0.4 is 20.4 Å². The summed E-state index contributed by atoms with van der Waals surface area (Å²) in [5, 5.41) is 5.67. The number of carbonyl (C=O) groups is 3. The van der Waals surface area contributed by atoms with Gasteiger partial charge in [-0.3, -0.25) is 19.4 Å². The normalized spacial score (nSPS) is 18.0. The van der Waals surface area contributed by atoms with Gasteiger partial charge < -0.3 is 15.4 Å². The van der Waals surface area contributed by atoms with Crippen LogP contribution in [0.2, 0.25) is 0 Å². The highest BCUT2D eigenvalue weighted by molar-refractivity contribution is 6.15. The molecule has 0 aliphatic carbocycles. The lowest BCUT2D eigenvalue weighted by molar-refractivity contribution is -0.123. The van der Waals surface area contributed by atoms with Gasteiger partial charge in [0.05, 0.1) is 17.5 Å². The third-order valence-corrected chi connectivity index (χ3v) is 5.46. The summed E-state index contributed by atoms with van der Waals surface area (Å²) in [7, 11) is 0. The van der Waals surface area contributed by atoms with Gasteiger partial charge in [0.15, 0.2) is 0 Å². The Morgan fingerprint density at radius 3 is 2.55 bits per heavy atom. The summed E-state index contributed by atoms with van der Waals surface area (Å²) in [6.45, 7) is 2.88. The monoisotopic (exact) mass is 422 g/mol. The number of fused-ring (bicyclic) bond motifs is 1. The molecule has 1 saturated heterocycles. The van der Waals surface area contributed by atoms with Gasteiger partial charge in [0.2, 0.25) is 11.8 Å². The summed E-state index contributed by atoms with van der Waals surface area (Å²) in [5.41, 5.74) is 2.85. The predicted octanol–water partition coefficient (Wildman–Crippen LogP) is 2.68. The summed E-state index contributed by atoms with van der Waals surface area (Å²) >= 11 is 0. The third kappa shape index (κ3) is 4.86. The second kappa shape index (κ2) is 9.18. The number of carbonyl (C=O) groups excluding carboxylic acids is 3. The highest BCUT2D eigenvalue weighted by Crippen LogP contribution is 2.33. The maximum Gasteiger partial charge on any atom is 0.326 e. The largest absolute Gasteiger partial charge is 0.376 e. The maximum atomic E-state index is 12.9. The van der Waals surface area contributed by atoms with E-state index in [2.05, 4.69) is 10.6 Å². The molecule has 1 fully saturated rings. The number of para-hydroxylation sites is 2. The topological polar surface area (TPSA) is 91.0 Å². The number of anilines is 3. The minimum absolute atomic E-state index is 0.0363. The van der Waals surface area contributed by atoms with Crippen LogP contribution in [-0.2, 0) is 14.3 Å². The van der Waals surface area contributed by atoms with E-state index in [1.807, 2.05) is 31.2 Å². The van der Waals surface area contributed by atoms with Gasteiger partial charge in [-0.15, -0.1) is 0 Å². The first-order valence-corrected chi connectivity index (χ1v) is 10.4. The number of nitrogens with zero attached hydrogens (tertiary/aromatic N) is 2. The summed E-state index contributed by atoms with van der Waals surface area (Å²) in [6, 6.07) is 14.1. The lowest BCUT2D eigenvalue weighted by Gasteiger charge is -2.35.